The fourth-order valence-corrected chi connectivity index (χ4v) is 3.94. The van der Waals surface area contributed by atoms with Crippen molar-refractivity contribution in [3.8, 4) is 11.5 Å². The van der Waals surface area contributed by atoms with Gasteiger partial charge in [-0.25, -0.2) is 9.97 Å². The number of rotatable bonds is 2. The van der Waals surface area contributed by atoms with Crippen molar-refractivity contribution in [3.05, 3.63) is 47.5 Å². The van der Waals surface area contributed by atoms with E-state index in [1.165, 1.54) is 5.69 Å². The summed E-state index contributed by atoms with van der Waals surface area (Å²) >= 11 is 0. The van der Waals surface area contributed by atoms with Crippen LogP contribution in [-0.4, -0.2) is 41.1 Å². The molecule has 0 bridgehead atoms. The molecule has 142 valence electrons. The van der Waals surface area contributed by atoms with E-state index < -0.39 is 0 Å². The number of fused-ring (bicyclic) bond motifs is 2. The lowest BCUT2D eigenvalue weighted by molar-refractivity contribution is 0.587. The highest BCUT2D eigenvalue weighted by atomic mass is 15.3. The van der Waals surface area contributed by atoms with E-state index in [9.17, 15) is 0 Å². The molecule has 0 amide bonds. The maximum atomic E-state index is 4.96. The van der Waals surface area contributed by atoms with E-state index in [0.717, 1.165) is 60.0 Å². The number of aromatic nitrogens is 7. The second-order valence-electron chi connectivity index (χ2n) is 7.27. The summed E-state index contributed by atoms with van der Waals surface area (Å²) in [7, 11) is 1.93. The number of hydrogen-bond acceptors (Lipinski definition) is 6. The predicted molar refractivity (Wildman–Crippen MR) is 107 cm³/mol. The van der Waals surface area contributed by atoms with E-state index in [1.807, 2.05) is 43.8 Å². The second kappa shape index (κ2) is 6.40. The van der Waals surface area contributed by atoms with E-state index in [2.05, 4.69) is 30.8 Å². The summed E-state index contributed by atoms with van der Waals surface area (Å²) in [5.74, 6) is 1.54. The lowest BCUT2D eigenvalue weighted by Crippen LogP contribution is -2.24. The number of pyridine rings is 1. The summed E-state index contributed by atoms with van der Waals surface area (Å²) < 4.78 is 3.94. The van der Waals surface area contributed by atoms with Crippen molar-refractivity contribution < 1.29 is 0 Å². The van der Waals surface area contributed by atoms with Crippen LogP contribution in [0.4, 0.5) is 5.82 Å². The monoisotopic (exact) mass is 374 g/mol. The standard InChI is InChI=1S/C20H22N8/c1-13-11-15-12-27(9-6-10-28(15)24-13)20-17-14(2)25-26(3)19(17)22-18(23-20)16-7-4-5-8-21-16/h4-5,7-8,11H,6,9-10,12H2,1-3H3. The Morgan fingerprint density at radius 3 is 2.75 bits per heavy atom. The van der Waals surface area contributed by atoms with Crippen LogP contribution in [0.15, 0.2) is 30.5 Å². The lowest BCUT2D eigenvalue weighted by Gasteiger charge is -2.22. The predicted octanol–water partition coefficient (Wildman–Crippen LogP) is 2.65. The van der Waals surface area contributed by atoms with E-state index in [1.54, 1.807) is 6.20 Å². The van der Waals surface area contributed by atoms with Gasteiger partial charge >= 0.3 is 0 Å². The molecule has 5 rings (SSSR count). The van der Waals surface area contributed by atoms with Crippen molar-refractivity contribution in [2.45, 2.75) is 33.4 Å². The zero-order valence-electron chi connectivity index (χ0n) is 16.3. The minimum Gasteiger partial charge on any atom is -0.350 e. The molecule has 0 spiro atoms. The Morgan fingerprint density at radius 1 is 1.04 bits per heavy atom. The van der Waals surface area contributed by atoms with Crippen LogP contribution in [0.3, 0.4) is 0 Å². The lowest BCUT2D eigenvalue weighted by atomic mass is 10.2. The van der Waals surface area contributed by atoms with Crippen molar-refractivity contribution in [3.63, 3.8) is 0 Å². The van der Waals surface area contributed by atoms with Gasteiger partial charge in [-0.2, -0.15) is 10.2 Å². The molecule has 1 aliphatic rings. The van der Waals surface area contributed by atoms with Crippen LogP contribution in [0.25, 0.3) is 22.6 Å². The first-order chi connectivity index (χ1) is 13.6. The number of hydrogen-bond donors (Lipinski definition) is 0. The molecule has 0 fully saturated rings. The summed E-state index contributed by atoms with van der Waals surface area (Å²) in [5.41, 5.74) is 4.80. The molecule has 0 aliphatic carbocycles. The summed E-state index contributed by atoms with van der Waals surface area (Å²) in [6, 6.07) is 7.95. The van der Waals surface area contributed by atoms with Crippen molar-refractivity contribution in [2.24, 2.45) is 7.05 Å². The van der Waals surface area contributed by atoms with E-state index >= 15 is 0 Å². The number of anilines is 1. The van der Waals surface area contributed by atoms with Crippen LogP contribution in [-0.2, 0) is 20.1 Å². The molecule has 0 saturated heterocycles. The van der Waals surface area contributed by atoms with Gasteiger partial charge in [0.2, 0.25) is 0 Å². The Bertz CT molecular complexity index is 1160. The van der Waals surface area contributed by atoms with Gasteiger partial charge in [0.15, 0.2) is 11.5 Å². The SMILES string of the molecule is Cc1cc2n(n1)CCCN(c1nc(-c3ccccn3)nc3c1c(C)nn3C)C2. The largest absolute Gasteiger partial charge is 0.350 e. The highest BCUT2D eigenvalue weighted by Crippen LogP contribution is 2.31. The molecule has 4 aromatic heterocycles. The highest BCUT2D eigenvalue weighted by molar-refractivity contribution is 5.91. The fourth-order valence-electron chi connectivity index (χ4n) is 3.94. The van der Waals surface area contributed by atoms with Crippen LogP contribution >= 0.6 is 0 Å². The Labute approximate surface area is 162 Å². The quantitative estimate of drug-likeness (QED) is 0.537. The van der Waals surface area contributed by atoms with Gasteiger partial charge < -0.3 is 4.90 Å². The third-order valence-corrected chi connectivity index (χ3v) is 5.17. The van der Waals surface area contributed by atoms with Gasteiger partial charge in [0.05, 0.1) is 29.0 Å². The number of nitrogens with zero attached hydrogens (tertiary/aromatic N) is 8. The summed E-state index contributed by atoms with van der Waals surface area (Å²) in [6.45, 7) is 6.65. The second-order valence-corrected chi connectivity index (χ2v) is 7.27. The summed E-state index contributed by atoms with van der Waals surface area (Å²) in [5, 5.41) is 10.2. The molecule has 0 unspecified atom stereocenters. The number of aryl methyl sites for hydroxylation is 4. The van der Waals surface area contributed by atoms with Crippen molar-refractivity contribution in [1.29, 1.82) is 0 Å². The normalized spacial score (nSPS) is 14.3. The summed E-state index contributed by atoms with van der Waals surface area (Å²) in [6.07, 6.45) is 2.78. The van der Waals surface area contributed by atoms with Crippen molar-refractivity contribution in [2.75, 3.05) is 11.4 Å². The Hall–Kier alpha value is -3.29. The van der Waals surface area contributed by atoms with E-state index in [4.69, 9.17) is 9.97 Å². The fraction of sp³-hybridized carbons (Fsp3) is 0.350. The van der Waals surface area contributed by atoms with Gasteiger partial charge in [-0.3, -0.25) is 14.3 Å². The van der Waals surface area contributed by atoms with E-state index in [0.29, 0.717) is 5.82 Å². The van der Waals surface area contributed by atoms with E-state index in [-0.39, 0.29) is 0 Å². The summed E-state index contributed by atoms with van der Waals surface area (Å²) in [4.78, 5) is 16.5. The average Bonchev–Trinajstić information content (AvgIpc) is 3.11. The zero-order chi connectivity index (χ0) is 19.3. The first kappa shape index (κ1) is 16.9. The molecule has 28 heavy (non-hydrogen) atoms. The molecule has 0 saturated carbocycles. The van der Waals surface area contributed by atoms with Crippen LogP contribution in [0, 0.1) is 13.8 Å². The minimum atomic E-state index is 0.625. The smallest absolute Gasteiger partial charge is 0.182 e. The average molecular weight is 374 g/mol. The molecule has 4 aromatic rings. The van der Waals surface area contributed by atoms with Crippen molar-refractivity contribution >= 4 is 16.9 Å². The van der Waals surface area contributed by atoms with Crippen LogP contribution in [0.1, 0.15) is 23.5 Å². The molecule has 5 heterocycles. The molecular weight excluding hydrogens is 352 g/mol. The topological polar surface area (TPSA) is 77.6 Å². The molecular formula is C20H22N8. The molecule has 0 radical (unpaired) electrons. The molecule has 8 heteroatoms. The van der Waals surface area contributed by atoms with Crippen LogP contribution in [0.2, 0.25) is 0 Å². The third kappa shape index (κ3) is 2.72. The maximum absolute atomic E-state index is 4.96. The van der Waals surface area contributed by atoms with Gasteiger partial charge in [0, 0.05) is 26.3 Å². The molecule has 8 nitrogen and oxygen atoms in total. The minimum absolute atomic E-state index is 0.625. The van der Waals surface area contributed by atoms with Gasteiger partial charge in [-0.15, -0.1) is 0 Å². The van der Waals surface area contributed by atoms with Crippen LogP contribution < -0.4 is 4.90 Å². The zero-order valence-corrected chi connectivity index (χ0v) is 16.3. The highest BCUT2D eigenvalue weighted by Gasteiger charge is 2.23. The van der Waals surface area contributed by atoms with Gasteiger partial charge in [0.1, 0.15) is 11.5 Å². The molecule has 1 aliphatic heterocycles. The first-order valence-corrected chi connectivity index (χ1v) is 9.51. The Kier molecular flexibility index (Phi) is 3.85. The van der Waals surface area contributed by atoms with Gasteiger partial charge in [0.25, 0.3) is 0 Å². The maximum Gasteiger partial charge on any atom is 0.182 e. The first-order valence-electron chi connectivity index (χ1n) is 9.51. The van der Waals surface area contributed by atoms with Gasteiger partial charge in [-0.05, 0) is 38.5 Å². The van der Waals surface area contributed by atoms with Gasteiger partial charge in [-0.1, -0.05) is 6.07 Å². The van der Waals surface area contributed by atoms with Crippen LogP contribution in [0.5, 0.6) is 0 Å². The Morgan fingerprint density at radius 2 is 1.93 bits per heavy atom. The Balaban J connectivity index is 1.69. The molecule has 0 atom stereocenters. The molecule has 0 aromatic carbocycles. The van der Waals surface area contributed by atoms with Crippen molar-refractivity contribution in [1.82, 2.24) is 34.5 Å². The third-order valence-electron chi connectivity index (χ3n) is 5.17. The molecule has 0 N–H and O–H groups in total.